The maximum absolute atomic E-state index is 6.17. The topological polar surface area (TPSA) is 40.3 Å². The minimum atomic E-state index is 0.225. The maximum Gasteiger partial charge on any atom is 0.0769 e. The van der Waals surface area contributed by atoms with E-state index in [9.17, 15) is 0 Å². The van der Waals surface area contributed by atoms with Crippen molar-refractivity contribution in [3.63, 3.8) is 0 Å². The lowest BCUT2D eigenvalue weighted by atomic mass is 9.89. The highest BCUT2D eigenvalue weighted by Crippen LogP contribution is 2.32. The quantitative estimate of drug-likeness (QED) is 0.671. The average molecular weight is 364 g/mol. The molecule has 1 aliphatic heterocycles. The number of hydrogen-bond donors (Lipinski definition) is 2. The molecule has 1 aliphatic rings. The van der Waals surface area contributed by atoms with Gasteiger partial charge in [0.25, 0.3) is 0 Å². The van der Waals surface area contributed by atoms with E-state index in [4.69, 9.17) is 4.74 Å². The second-order valence-corrected chi connectivity index (χ2v) is 7.52. The molecule has 0 radical (unpaired) electrons. The van der Waals surface area contributed by atoms with Crippen molar-refractivity contribution in [1.29, 1.82) is 0 Å². The fraction of sp³-hybridized carbons (Fsp3) is 0.391. The molecule has 142 valence electrons. The van der Waals surface area contributed by atoms with Crippen molar-refractivity contribution >= 4 is 10.9 Å². The highest BCUT2D eigenvalue weighted by Gasteiger charge is 2.28. The van der Waals surface area contributed by atoms with Gasteiger partial charge in [0.2, 0.25) is 0 Å². The molecule has 1 aromatic heterocycles. The van der Waals surface area contributed by atoms with Crippen molar-refractivity contribution in [2.45, 2.75) is 25.0 Å². The van der Waals surface area contributed by atoms with E-state index in [0.29, 0.717) is 5.92 Å². The molecule has 1 fully saturated rings. The number of nitrogens with zero attached hydrogens (tertiary/aromatic N) is 1. The Balaban J connectivity index is 1.50. The Kier molecular flexibility index (Phi) is 5.87. The summed E-state index contributed by atoms with van der Waals surface area (Å²) in [5.74, 6) is 0.382. The highest BCUT2D eigenvalue weighted by atomic mass is 16.5. The van der Waals surface area contributed by atoms with E-state index >= 15 is 0 Å². The number of aromatic nitrogens is 1. The van der Waals surface area contributed by atoms with Gasteiger partial charge in [0.15, 0.2) is 0 Å². The van der Waals surface area contributed by atoms with Gasteiger partial charge in [-0.25, -0.2) is 0 Å². The number of benzene rings is 2. The minimum Gasteiger partial charge on any atom is -0.375 e. The average Bonchev–Trinajstić information content (AvgIpc) is 3.14. The first-order chi connectivity index (χ1) is 13.3. The van der Waals surface area contributed by atoms with E-state index in [0.717, 1.165) is 39.2 Å². The van der Waals surface area contributed by atoms with E-state index < -0.39 is 0 Å². The van der Waals surface area contributed by atoms with Crippen molar-refractivity contribution < 1.29 is 4.74 Å². The zero-order valence-corrected chi connectivity index (χ0v) is 16.0. The van der Waals surface area contributed by atoms with Crippen LogP contribution in [-0.4, -0.2) is 49.3 Å². The molecule has 2 N–H and O–H groups in total. The number of rotatable bonds is 7. The summed E-state index contributed by atoms with van der Waals surface area (Å²) in [5.41, 5.74) is 3.95. The molecule has 27 heavy (non-hydrogen) atoms. The van der Waals surface area contributed by atoms with Gasteiger partial charge in [0.05, 0.1) is 12.7 Å². The van der Waals surface area contributed by atoms with Crippen LogP contribution in [0, 0.1) is 0 Å². The molecule has 2 unspecified atom stereocenters. The normalized spacial score (nSPS) is 18.8. The molecular formula is C23H29N3O. The Bertz CT molecular complexity index is 839. The van der Waals surface area contributed by atoms with Crippen LogP contribution in [0.15, 0.2) is 60.8 Å². The van der Waals surface area contributed by atoms with Crippen molar-refractivity contribution in [3.8, 4) is 0 Å². The second kappa shape index (κ2) is 8.70. The van der Waals surface area contributed by atoms with Crippen LogP contribution in [0.4, 0.5) is 0 Å². The lowest BCUT2D eigenvalue weighted by Crippen LogP contribution is -2.42. The molecule has 4 heteroatoms. The molecule has 0 spiro atoms. The smallest absolute Gasteiger partial charge is 0.0769 e. The van der Waals surface area contributed by atoms with Crippen LogP contribution < -0.4 is 5.32 Å². The molecule has 0 bridgehead atoms. The summed E-state index contributed by atoms with van der Waals surface area (Å²) >= 11 is 0. The van der Waals surface area contributed by atoms with Crippen molar-refractivity contribution in [1.82, 2.24) is 15.2 Å². The molecule has 4 rings (SSSR count). The first kappa shape index (κ1) is 18.2. The Morgan fingerprint density at radius 2 is 1.93 bits per heavy atom. The molecule has 4 nitrogen and oxygen atoms in total. The third-order valence-electron chi connectivity index (χ3n) is 5.54. The molecule has 3 aromatic rings. The van der Waals surface area contributed by atoms with Crippen molar-refractivity contribution in [2.24, 2.45) is 0 Å². The molecule has 0 saturated carbocycles. The van der Waals surface area contributed by atoms with Crippen LogP contribution in [0.2, 0.25) is 0 Å². The van der Waals surface area contributed by atoms with E-state index in [1.54, 1.807) is 0 Å². The summed E-state index contributed by atoms with van der Waals surface area (Å²) in [4.78, 5) is 5.86. The fourth-order valence-electron chi connectivity index (χ4n) is 4.12. The van der Waals surface area contributed by atoms with Gasteiger partial charge in [0, 0.05) is 42.7 Å². The lowest BCUT2D eigenvalue weighted by molar-refractivity contribution is 0.00793. The first-order valence-corrected chi connectivity index (χ1v) is 9.92. The van der Waals surface area contributed by atoms with Crippen molar-refractivity contribution in [2.75, 3.05) is 33.3 Å². The summed E-state index contributed by atoms with van der Waals surface area (Å²) in [6.45, 7) is 4.69. The predicted octanol–water partition coefficient (Wildman–Crippen LogP) is 3.76. The van der Waals surface area contributed by atoms with E-state index in [-0.39, 0.29) is 6.10 Å². The largest absolute Gasteiger partial charge is 0.375 e. The van der Waals surface area contributed by atoms with Crippen LogP contribution in [-0.2, 0) is 11.3 Å². The standard InChI is InChI=1S/C23H29N3O/c1-26(17-18-7-3-2-4-8-18)13-11-20(23-16-24-12-14-27-23)21-15-25-22-10-6-5-9-19(21)22/h2-10,15,20,23-25H,11-14,16-17H2,1H3. The molecular weight excluding hydrogens is 334 g/mol. The number of nitrogens with one attached hydrogen (secondary N) is 2. The molecule has 2 heterocycles. The van der Waals surface area contributed by atoms with Crippen LogP contribution in [0.1, 0.15) is 23.5 Å². The number of fused-ring (bicyclic) bond motifs is 1. The number of morpholine rings is 1. The minimum absolute atomic E-state index is 0.225. The van der Waals surface area contributed by atoms with E-state index in [1.165, 1.54) is 22.0 Å². The van der Waals surface area contributed by atoms with Gasteiger partial charge >= 0.3 is 0 Å². The summed E-state index contributed by atoms with van der Waals surface area (Å²) in [6.07, 6.45) is 3.49. The Hall–Kier alpha value is -2.14. The monoisotopic (exact) mass is 363 g/mol. The maximum atomic E-state index is 6.17. The number of hydrogen-bond acceptors (Lipinski definition) is 3. The van der Waals surface area contributed by atoms with E-state index in [1.807, 2.05) is 0 Å². The number of aromatic amines is 1. The molecule has 2 aromatic carbocycles. The SMILES string of the molecule is CN(CCC(c1c[nH]c2ccccc12)C1CNCCO1)Cc1ccccc1. The number of H-pyrrole nitrogens is 1. The number of ether oxygens (including phenoxy) is 1. The zero-order valence-electron chi connectivity index (χ0n) is 16.0. The zero-order chi connectivity index (χ0) is 18.5. The summed E-state index contributed by atoms with van der Waals surface area (Å²) in [5, 5.41) is 4.83. The van der Waals surface area contributed by atoms with Crippen LogP contribution in [0.25, 0.3) is 10.9 Å². The third kappa shape index (κ3) is 4.41. The van der Waals surface area contributed by atoms with Gasteiger partial charge in [-0.15, -0.1) is 0 Å². The Morgan fingerprint density at radius 3 is 2.74 bits per heavy atom. The van der Waals surface area contributed by atoms with Crippen molar-refractivity contribution in [3.05, 3.63) is 71.9 Å². The van der Waals surface area contributed by atoms with E-state index in [2.05, 4.69) is 83.0 Å². The Labute approximate surface area is 161 Å². The van der Waals surface area contributed by atoms with Crippen LogP contribution >= 0.6 is 0 Å². The lowest BCUT2D eigenvalue weighted by Gasteiger charge is -2.32. The van der Waals surface area contributed by atoms with Gasteiger partial charge in [0.1, 0.15) is 0 Å². The fourth-order valence-corrected chi connectivity index (χ4v) is 4.12. The van der Waals surface area contributed by atoms with Crippen LogP contribution in [0.5, 0.6) is 0 Å². The highest BCUT2D eigenvalue weighted by molar-refractivity contribution is 5.83. The molecule has 0 amide bonds. The summed E-state index contributed by atoms with van der Waals surface area (Å²) in [7, 11) is 2.21. The number of para-hydroxylation sites is 1. The second-order valence-electron chi connectivity index (χ2n) is 7.52. The summed E-state index contributed by atoms with van der Waals surface area (Å²) in [6, 6.07) is 19.3. The summed E-state index contributed by atoms with van der Waals surface area (Å²) < 4.78 is 6.17. The van der Waals surface area contributed by atoms with Gasteiger partial charge in [-0.2, -0.15) is 0 Å². The molecule has 1 saturated heterocycles. The van der Waals surface area contributed by atoms with Gasteiger partial charge in [-0.1, -0.05) is 48.5 Å². The molecule has 0 aliphatic carbocycles. The van der Waals surface area contributed by atoms with Gasteiger partial charge < -0.3 is 19.9 Å². The van der Waals surface area contributed by atoms with Gasteiger partial charge in [-0.3, -0.25) is 0 Å². The third-order valence-corrected chi connectivity index (χ3v) is 5.54. The Morgan fingerprint density at radius 1 is 1.11 bits per heavy atom. The van der Waals surface area contributed by atoms with Crippen LogP contribution in [0.3, 0.4) is 0 Å². The molecule has 2 atom stereocenters. The predicted molar refractivity (Wildman–Crippen MR) is 111 cm³/mol. The van der Waals surface area contributed by atoms with Gasteiger partial charge in [-0.05, 0) is 37.2 Å². The first-order valence-electron chi connectivity index (χ1n) is 9.92.